The van der Waals surface area contributed by atoms with E-state index < -0.39 is 0 Å². The average Bonchev–Trinajstić information content (AvgIpc) is 3.28. The Kier molecular flexibility index (Phi) is 4.41. The third-order valence-corrected chi connectivity index (χ3v) is 5.13. The Morgan fingerprint density at radius 3 is 2.75 bits per heavy atom. The van der Waals surface area contributed by atoms with E-state index in [1.54, 1.807) is 12.5 Å². The summed E-state index contributed by atoms with van der Waals surface area (Å²) < 4.78 is 5.17. The predicted molar refractivity (Wildman–Crippen MR) is 90.9 cm³/mol. The molecule has 2 N–H and O–H groups in total. The Hall–Kier alpha value is -1.66. The van der Waals surface area contributed by atoms with E-state index >= 15 is 0 Å². The van der Waals surface area contributed by atoms with Crippen LogP contribution in [0.15, 0.2) is 17.0 Å². The van der Waals surface area contributed by atoms with Crippen LogP contribution in [0.4, 0.5) is 5.95 Å². The first-order valence-corrected chi connectivity index (χ1v) is 8.97. The zero-order chi connectivity index (χ0) is 16.5. The summed E-state index contributed by atoms with van der Waals surface area (Å²) in [6.07, 6.45) is 9.95. The first-order chi connectivity index (χ1) is 11.7. The maximum Gasteiger partial charge on any atom is 0.223 e. The molecule has 0 atom stereocenters. The number of rotatable bonds is 5. The quantitative estimate of drug-likeness (QED) is 0.860. The van der Waals surface area contributed by atoms with Gasteiger partial charge in [0.2, 0.25) is 5.95 Å². The highest BCUT2D eigenvalue weighted by Crippen LogP contribution is 2.36. The summed E-state index contributed by atoms with van der Waals surface area (Å²) >= 11 is 6.32. The third kappa shape index (κ3) is 3.54. The number of nitrogens with zero attached hydrogens (tertiary/aromatic N) is 3. The van der Waals surface area contributed by atoms with Crippen molar-refractivity contribution in [3.05, 3.63) is 23.2 Å². The molecule has 0 aromatic carbocycles. The molecular formula is C17H21ClN4O2. The van der Waals surface area contributed by atoms with E-state index in [-0.39, 0.29) is 12.1 Å². The molecule has 0 aliphatic heterocycles. The van der Waals surface area contributed by atoms with Crippen LogP contribution in [0, 0.1) is 5.92 Å². The number of halogens is 1. The molecule has 0 spiro atoms. The summed E-state index contributed by atoms with van der Waals surface area (Å²) in [4.78, 5) is 8.90. The van der Waals surface area contributed by atoms with Gasteiger partial charge in [-0.3, -0.25) is 0 Å². The first kappa shape index (κ1) is 15.8. The SMILES string of the molecule is OC1CCC(Nc2ncc(Cl)c(-c3conc3CC3CC3)n2)CC1. The van der Waals surface area contributed by atoms with Crippen molar-refractivity contribution in [1.82, 2.24) is 15.1 Å². The topological polar surface area (TPSA) is 84.1 Å². The third-order valence-electron chi connectivity index (χ3n) is 4.85. The molecule has 0 bridgehead atoms. The van der Waals surface area contributed by atoms with Crippen molar-refractivity contribution in [3.63, 3.8) is 0 Å². The fourth-order valence-electron chi connectivity index (χ4n) is 3.22. The van der Waals surface area contributed by atoms with E-state index in [1.807, 2.05) is 0 Å². The van der Waals surface area contributed by atoms with Crippen molar-refractivity contribution in [2.24, 2.45) is 5.92 Å². The molecule has 2 heterocycles. The van der Waals surface area contributed by atoms with Crippen molar-refractivity contribution >= 4 is 17.5 Å². The van der Waals surface area contributed by atoms with Gasteiger partial charge in [0.25, 0.3) is 0 Å². The molecular weight excluding hydrogens is 328 g/mol. The minimum absolute atomic E-state index is 0.174. The second kappa shape index (κ2) is 6.69. The fraction of sp³-hybridized carbons (Fsp3) is 0.588. The smallest absolute Gasteiger partial charge is 0.223 e. The summed E-state index contributed by atoms with van der Waals surface area (Å²) in [6, 6.07) is 0.288. The van der Waals surface area contributed by atoms with E-state index in [4.69, 9.17) is 16.1 Å². The summed E-state index contributed by atoms with van der Waals surface area (Å²) in [5, 5.41) is 17.6. The Morgan fingerprint density at radius 1 is 1.21 bits per heavy atom. The van der Waals surface area contributed by atoms with Crippen LogP contribution in [0.5, 0.6) is 0 Å². The van der Waals surface area contributed by atoms with Crippen molar-refractivity contribution in [2.45, 2.75) is 57.1 Å². The monoisotopic (exact) mass is 348 g/mol. The minimum Gasteiger partial charge on any atom is -0.393 e. The zero-order valence-corrected chi connectivity index (χ0v) is 14.2. The normalized spacial score (nSPS) is 24.1. The molecule has 4 rings (SSSR count). The van der Waals surface area contributed by atoms with Crippen LogP contribution in [0.3, 0.4) is 0 Å². The Balaban J connectivity index is 1.54. The lowest BCUT2D eigenvalue weighted by atomic mass is 9.93. The van der Waals surface area contributed by atoms with Gasteiger partial charge in [0.15, 0.2) is 0 Å². The van der Waals surface area contributed by atoms with Gasteiger partial charge in [0, 0.05) is 6.04 Å². The van der Waals surface area contributed by atoms with Gasteiger partial charge < -0.3 is 14.9 Å². The molecule has 2 fully saturated rings. The van der Waals surface area contributed by atoms with Gasteiger partial charge in [-0.15, -0.1) is 0 Å². The molecule has 2 aliphatic carbocycles. The van der Waals surface area contributed by atoms with E-state index in [0.717, 1.165) is 43.4 Å². The van der Waals surface area contributed by atoms with Gasteiger partial charge in [-0.2, -0.15) is 0 Å². The molecule has 6 nitrogen and oxygen atoms in total. The molecule has 7 heteroatoms. The molecule has 2 aromatic rings. The van der Waals surface area contributed by atoms with Gasteiger partial charge in [-0.1, -0.05) is 16.8 Å². The summed E-state index contributed by atoms with van der Waals surface area (Å²) in [6.45, 7) is 0. The summed E-state index contributed by atoms with van der Waals surface area (Å²) in [5.74, 6) is 1.27. The zero-order valence-electron chi connectivity index (χ0n) is 13.4. The van der Waals surface area contributed by atoms with Crippen molar-refractivity contribution in [2.75, 3.05) is 5.32 Å². The molecule has 128 valence electrons. The first-order valence-electron chi connectivity index (χ1n) is 8.60. The van der Waals surface area contributed by atoms with Crippen LogP contribution in [0.25, 0.3) is 11.3 Å². The highest BCUT2D eigenvalue weighted by atomic mass is 35.5. The molecule has 0 radical (unpaired) electrons. The largest absolute Gasteiger partial charge is 0.393 e. The number of nitrogens with one attached hydrogen (secondary N) is 1. The fourth-order valence-corrected chi connectivity index (χ4v) is 3.42. The van der Waals surface area contributed by atoms with Crippen LogP contribution in [0.2, 0.25) is 5.02 Å². The Morgan fingerprint density at radius 2 is 2.00 bits per heavy atom. The predicted octanol–water partition coefficient (Wildman–Crippen LogP) is 3.45. The minimum atomic E-state index is -0.174. The number of aliphatic hydroxyl groups is 1. The highest BCUT2D eigenvalue weighted by Gasteiger charge is 2.26. The molecule has 2 saturated carbocycles. The number of aromatic nitrogens is 3. The van der Waals surface area contributed by atoms with Crippen molar-refractivity contribution in [1.29, 1.82) is 0 Å². The maximum atomic E-state index is 9.61. The van der Waals surface area contributed by atoms with E-state index in [1.165, 1.54) is 12.8 Å². The van der Waals surface area contributed by atoms with Gasteiger partial charge in [-0.05, 0) is 50.9 Å². The summed E-state index contributed by atoms with van der Waals surface area (Å²) in [5.41, 5.74) is 2.45. The number of anilines is 1. The number of hydrogen-bond donors (Lipinski definition) is 2. The highest BCUT2D eigenvalue weighted by molar-refractivity contribution is 6.32. The average molecular weight is 349 g/mol. The molecule has 2 aromatic heterocycles. The van der Waals surface area contributed by atoms with Crippen molar-refractivity contribution in [3.8, 4) is 11.3 Å². The van der Waals surface area contributed by atoms with Crippen LogP contribution >= 0.6 is 11.6 Å². The van der Waals surface area contributed by atoms with Crippen LogP contribution in [-0.2, 0) is 6.42 Å². The lowest BCUT2D eigenvalue weighted by Crippen LogP contribution is -2.28. The molecule has 2 aliphatic rings. The molecule has 0 amide bonds. The second-order valence-corrected chi connectivity index (χ2v) is 7.27. The molecule has 0 unspecified atom stereocenters. The van der Waals surface area contributed by atoms with Crippen LogP contribution in [0.1, 0.15) is 44.2 Å². The van der Waals surface area contributed by atoms with E-state index in [2.05, 4.69) is 20.4 Å². The lowest BCUT2D eigenvalue weighted by molar-refractivity contribution is 0.126. The van der Waals surface area contributed by atoms with Gasteiger partial charge in [0.1, 0.15) is 6.26 Å². The van der Waals surface area contributed by atoms with Gasteiger partial charge in [0.05, 0.1) is 34.3 Å². The van der Waals surface area contributed by atoms with Gasteiger partial charge >= 0.3 is 0 Å². The molecule has 24 heavy (non-hydrogen) atoms. The van der Waals surface area contributed by atoms with Gasteiger partial charge in [-0.25, -0.2) is 9.97 Å². The lowest BCUT2D eigenvalue weighted by Gasteiger charge is -2.26. The summed E-state index contributed by atoms with van der Waals surface area (Å²) in [7, 11) is 0. The van der Waals surface area contributed by atoms with Crippen LogP contribution < -0.4 is 5.32 Å². The maximum absolute atomic E-state index is 9.61. The number of aliphatic hydroxyl groups excluding tert-OH is 1. The Labute approximate surface area is 145 Å². The number of hydrogen-bond acceptors (Lipinski definition) is 6. The molecule has 0 saturated heterocycles. The van der Waals surface area contributed by atoms with E-state index in [9.17, 15) is 5.11 Å². The second-order valence-electron chi connectivity index (χ2n) is 6.86. The standard InChI is InChI=1S/C17H21ClN4O2/c18-14-8-19-17(20-11-3-5-12(23)6-4-11)21-16(14)13-9-24-22-15(13)7-10-1-2-10/h8-12,23H,1-7H2,(H,19,20,21). The Bertz CT molecular complexity index is 708. The van der Waals surface area contributed by atoms with Crippen LogP contribution in [-0.4, -0.2) is 32.4 Å². The van der Waals surface area contributed by atoms with Crippen molar-refractivity contribution < 1.29 is 9.63 Å². The van der Waals surface area contributed by atoms with E-state index in [0.29, 0.717) is 22.6 Å².